The van der Waals surface area contributed by atoms with Crippen LogP contribution in [0.5, 0.6) is 11.5 Å². The molecule has 1 heterocycles. The Bertz CT molecular complexity index is 950. The third-order valence-corrected chi connectivity index (χ3v) is 7.54. The normalized spacial score (nSPS) is 25.9. The monoisotopic (exact) mass is 504 g/mol. The summed E-state index contributed by atoms with van der Waals surface area (Å²) in [7, 11) is 0. The lowest BCUT2D eigenvalue weighted by molar-refractivity contribution is -0.164. The van der Waals surface area contributed by atoms with Gasteiger partial charge < -0.3 is 30.3 Å². The highest BCUT2D eigenvalue weighted by atomic mass is 16.5. The van der Waals surface area contributed by atoms with E-state index in [4.69, 9.17) is 4.74 Å². The fraction of sp³-hybridized carbons (Fsp3) is 0.667. The van der Waals surface area contributed by atoms with Gasteiger partial charge in [0.15, 0.2) is 11.5 Å². The average Bonchev–Trinajstić information content (AvgIpc) is 3.30. The van der Waals surface area contributed by atoms with Crippen molar-refractivity contribution in [2.45, 2.75) is 90.5 Å². The third kappa shape index (κ3) is 6.69. The van der Waals surface area contributed by atoms with Crippen molar-refractivity contribution in [2.75, 3.05) is 6.54 Å². The first-order chi connectivity index (χ1) is 17.0. The Kier molecular flexibility index (Phi) is 9.22. The Morgan fingerprint density at radius 3 is 2.50 bits per heavy atom. The summed E-state index contributed by atoms with van der Waals surface area (Å²) >= 11 is 0. The van der Waals surface area contributed by atoms with Crippen LogP contribution in [0.3, 0.4) is 0 Å². The molecule has 2 fully saturated rings. The van der Waals surface area contributed by atoms with Crippen molar-refractivity contribution in [1.82, 2.24) is 10.2 Å². The Morgan fingerprint density at radius 1 is 1.11 bits per heavy atom. The van der Waals surface area contributed by atoms with Crippen molar-refractivity contribution >= 4 is 17.8 Å². The zero-order valence-corrected chi connectivity index (χ0v) is 21.6. The first-order valence-corrected chi connectivity index (χ1v) is 13.0. The second-order valence-electron chi connectivity index (χ2n) is 10.8. The number of nitrogens with zero attached hydrogens (tertiary/aromatic N) is 1. The van der Waals surface area contributed by atoms with Gasteiger partial charge in [0.2, 0.25) is 11.8 Å². The van der Waals surface area contributed by atoms with Crippen LogP contribution >= 0.6 is 0 Å². The molecule has 0 radical (unpaired) electrons. The van der Waals surface area contributed by atoms with E-state index in [0.29, 0.717) is 42.7 Å². The Hall–Kier alpha value is -2.81. The molecule has 2 amide bonds. The topological polar surface area (TPSA) is 136 Å². The SMILES string of the molecule is CC(NC(=O)C(O)Cc1ccc(O)c(O)c1)C(=O)N1CCCC1C(=O)O[C@@H]1C[C@H](C)CC[C@H]1C(C)C. The van der Waals surface area contributed by atoms with Crippen molar-refractivity contribution < 1.29 is 34.4 Å². The van der Waals surface area contributed by atoms with Gasteiger partial charge in [-0.25, -0.2) is 4.79 Å². The van der Waals surface area contributed by atoms with Crippen molar-refractivity contribution in [3.8, 4) is 11.5 Å². The molecule has 0 bridgehead atoms. The maximum Gasteiger partial charge on any atom is 0.329 e. The molecule has 3 unspecified atom stereocenters. The number of phenolic OH excluding ortho intramolecular Hbond substituents is 2. The molecule has 2 aliphatic rings. The van der Waals surface area contributed by atoms with E-state index in [2.05, 4.69) is 26.1 Å². The van der Waals surface area contributed by atoms with Gasteiger partial charge in [-0.05, 0) is 68.1 Å². The maximum atomic E-state index is 13.1. The predicted molar refractivity (Wildman–Crippen MR) is 133 cm³/mol. The zero-order chi connectivity index (χ0) is 26.6. The number of aromatic hydroxyl groups is 2. The van der Waals surface area contributed by atoms with Crippen LogP contribution in [0.1, 0.15) is 65.4 Å². The molecule has 6 atom stereocenters. The number of hydrogen-bond acceptors (Lipinski definition) is 7. The highest BCUT2D eigenvalue weighted by molar-refractivity contribution is 5.92. The largest absolute Gasteiger partial charge is 0.504 e. The van der Waals surface area contributed by atoms with Crippen molar-refractivity contribution in [3.05, 3.63) is 23.8 Å². The van der Waals surface area contributed by atoms with Gasteiger partial charge in [0.05, 0.1) is 0 Å². The Balaban J connectivity index is 1.57. The van der Waals surface area contributed by atoms with Gasteiger partial charge in [-0.15, -0.1) is 0 Å². The van der Waals surface area contributed by atoms with E-state index in [1.807, 2.05) is 0 Å². The van der Waals surface area contributed by atoms with Crippen LogP contribution in [0.4, 0.5) is 0 Å². The molecule has 0 spiro atoms. The molecule has 1 saturated carbocycles. The number of aliphatic hydroxyl groups excluding tert-OH is 1. The van der Waals surface area contributed by atoms with Gasteiger partial charge in [-0.3, -0.25) is 9.59 Å². The number of carbonyl (C=O) groups excluding carboxylic acids is 3. The summed E-state index contributed by atoms with van der Waals surface area (Å²) < 4.78 is 5.99. The van der Waals surface area contributed by atoms with Crippen molar-refractivity contribution in [2.24, 2.45) is 17.8 Å². The van der Waals surface area contributed by atoms with Crippen molar-refractivity contribution in [3.63, 3.8) is 0 Å². The van der Waals surface area contributed by atoms with Gasteiger partial charge in [0.25, 0.3) is 0 Å². The molecule has 0 aromatic heterocycles. The molecule has 3 rings (SSSR count). The number of phenols is 2. The molecule has 36 heavy (non-hydrogen) atoms. The van der Waals surface area contributed by atoms with E-state index in [-0.39, 0.29) is 30.0 Å². The summed E-state index contributed by atoms with van der Waals surface area (Å²) in [5.74, 6) is -0.948. The van der Waals surface area contributed by atoms with Crippen LogP contribution in [0.15, 0.2) is 18.2 Å². The molecule has 4 N–H and O–H groups in total. The van der Waals surface area contributed by atoms with E-state index in [0.717, 1.165) is 19.3 Å². The lowest BCUT2D eigenvalue weighted by Gasteiger charge is -2.37. The highest BCUT2D eigenvalue weighted by Gasteiger charge is 2.40. The lowest BCUT2D eigenvalue weighted by Crippen LogP contribution is -2.53. The summed E-state index contributed by atoms with van der Waals surface area (Å²) in [6, 6.07) is 2.40. The number of carbonyl (C=O) groups is 3. The van der Waals surface area contributed by atoms with E-state index in [1.165, 1.54) is 30.0 Å². The summed E-state index contributed by atoms with van der Waals surface area (Å²) in [5, 5.41) is 31.8. The molecule has 1 aliphatic heterocycles. The lowest BCUT2D eigenvalue weighted by atomic mass is 9.75. The molecule has 9 heteroatoms. The molecule has 9 nitrogen and oxygen atoms in total. The van der Waals surface area contributed by atoms with Gasteiger partial charge in [-0.2, -0.15) is 0 Å². The Labute approximate surface area is 212 Å². The predicted octanol–water partition coefficient (Wildman–Crippen LogP) is 2.50. The van der Waals surface area contributed by atoms with E-state index >= 15 is 0 Å². The summed E-state index contributed by atoms with van der Waals surface area (Å²) in [6.45, 7) is 8.40. The molecular formula is C27H40N2O7. The van der Waals surface area contributed by atoms with Crippen LogP contribution in [0, 0.1) is 17.8 Å². The summed E-state index contributed by atoms with van der Waals surface area (Å²) in [6.07, 6.45) is 2.48. The van der Waals surface area contributed by atoms with E-state index in [1.54, 1.807) is 0 Å². The van der Waals surface area contributed by atoms with E-state index < -0.39 is 30.0 Å². The van der Waals surface area contributed by atoms with Gasteiger partial charge in [0, 0.05) is 13.0 Å². The molecule has 1 saturated heterocycles. The minimum Gasteiger partial charge on any atom is -0.504 e. The molecular weight excluding hydrogens is 464 g/mol. The zero-order valence-electron chi connectivity index (χ0n) is 21.6. The number of nitrogens with one attached hydrogen (secondary N) is 1. The highest BCUT2D eigenvalue weighted by Crippen LogP contribution is 2.36. The second-order valence-corrected chi connectivity index (χ2v) is 10.8. The maximum absolute atomic E-state index is 13.1. The van der Waals surface area contributed by atoms with Crippen molar-refractivity contribution in [1.29, 1.82) is 0 Å². The molecule has 1 aromatic carbocycles. The third-order valence-electron chi connectivity index (χ3n) is 7.54. The minimum absolute atomic E-state index is 0.101. The minimum atomic E-state index is -1.45. The molecule has 1 aromatic rings. The number of benzene rings is 1. The fourth-order valence-electron chi connectivity index (χ4n) is 5.39. The average molecular weight is 505 g/mol. The number of likely N-dealkylation sites (tertiary alicyclic amines) is 1. The number of aliphatic hydroxyl groups is 1. The van der Waals surface area contributed by atoms with E-state index in [9.17, 15) is 29.7 Å². The number of rotatable bonds is 8. The van der Waals surface area contributed by atoms with Crippen LogP contribution < -0.4 is 5.32 Å². The van der Waals surface area contributed by atoms with Crippen LogP contribution in [-0.4, -0.2) is 68.8 Å². The molecule has 200 valence electrons. The number of esters is 1. The number of ether oxygens (including phenoxy) is 1. The molecule has 1 aliphatic carbocycles. The quantitative estimate of drug-likeness (QED) is 0.315. The van der Waals surface area contributed by atoms with Gasteiger partial charge >= 0.3 is 5.97 Å². The van der Waals surface area contributed by atoms with Crippen LogP contribution in [-0.2, 0) is 25.5 Å². The van der Waals surface area contributed by atoms with Gasteiger partial charge in [0.1, 0.15) is 24.3 Å². The van der Waals surface area contributed by atoms with Crippen LogP contribution in [0.2, 0.25) is 0 Å². The standard InChI is InChI=1S/C27H40N2O7/c1-15(2)19-9-7-16(3)12-24(19)36-27(35)20-6-5-11-29(20)26(34)17(4)28-25(33)23(32)14-18-8-10-21(30)22(31)13-18/h8,10,13,15-17,19-20,23-24,30-32H,5-7,9,11-12,14H2,1-4H3,(H,28,33)/t16-,17?,19+,20?,23?,24-/m1/s1. The van der Waals surface area contributed by atoms with Crippen LogP contribution in [0.25, 0.3) is 0 Å². The second kappa shape index (κ2) is 12.0. The number of amides is 2. The Morgan fingerprint density at radius 2 is 1.83 bits per heavy atom. The summed E-state index contributed by atoms with van der Waals surface area (Å²) in [5.41, 5.74) is 0.450. The fourth-order valence-corrected chi connectivity index (χ4v) is 5.39. The smallest absolute Gasteiger partial charge is 0.329 e. The first-order valence-electron chi connectivity index (χ1n) is 13.0. The summed E-state index contributed by atoms with van der Waals surface area (Å²) in [4.78, 5) is 40.2. The van der Waals surface area contributed by atoms with Gasteiger partial charge in [-0.1, -0.05) is 33.3 Å². The number of hydrogen-bond donors (Lipinski definition) is 4. The first kappa shape index (κ1) is 27.8.